The van der Waals surface area contributed by atoms with Crippen LogP contribution in [0.25, 0.3) is 22.6 Å². The molecule has 2 aliphatic rings. The molecular weight excluding hydrogens is 419 g/mol. The summed E-state index contributed by atoms with van der Waals surface area (Å²) in [6, 6.07) is 5.01. The maximum atomic E-state index is 14.8. The zero-order valence-electron chi connectivity index (χ0n) is 17.0. The molecule has 9 heteroatoms. The van der Waals surface area contributed by atoms with E-state index in [0.717, 1.165) is 25.7 Å². The van der Waals surface area contributed by atoms with Gasteiger partial charge in [-0.3, -0.25) is 4.79 Å². The van der Waals surface area contributed by atoms with E-state index in [1.807, 2.05) is 4.57 Å². The second kappa shape index (κ2) is 8.07. The maximum Gasteiger partial charge on any atom is 0.224 e. The number of imidazole rings is 1. The highest BCUT2D eigenvalue weighted by atomic mass is 35.5. The average molecular weight is 443 g/mol. The second-order valence-electron chi connectivity index (χ2n) is 8.48. The fourth-order valence-electron chi connectivity index (χ4n) is 4.55. The van der Waals surface area contributed by atoms with Crippen LogP contribution in [0.1, 0.15) is 51.0 Å². The molecule has 0 spiro atoms. The molecule has 2 aliphatic carbocycles. The maximum absolute atomic E-state index is 14.8. The summed E-state index contributed by atoms with van der Waals surface area (Å²) in [5, 5.41) is 3.66. The van der Waals surface area contributed by atoms with Crippen molar-refractivity contribution in [3.05, 3.63) is 35.2 Å². The Labute approximate surface area is 184 Å². The molecule has 3 N–H and O–H groups in total. The molecule has 3 aromatic rings. The Balaban J connectivity index is 1.61. The Bertz CT molecular complexity index is 1120. The van der Waals surface area contributed by atoms with E-state index < -0.39 is 5.82 Å². The lowest BCUT2D eigenvalue weighted by Gasteiger charge is -2.29. The van der Waals surface area contributed by atoms with E-state index in [1.165, 1.54) is 12.5 Å². The zero-order valence-corrected chi connectivity index (χ0v) is 17.8. The van der Waals surface area contributed by atoms with Crippen LogP contribution in [0.3, 0.4) is 0 Å². The summed E-state index contributed by atoms with van der Waals surface area (Å²) in [5.74, 6) is 0.166. The number of fused-ring (bicyclic) bond motifs is 1. The summed E-state index contributed by atoms with van der Waals surface area (Å²) in [6.45, 7) is 0. The van der Waals surface area contributed by atoms with Gasteiger partial charge in [-0.2, -0.15) is 4.98 Å². The highest BCUT2D eigenvalue weighted by Gasteiger charge is 2.30. The van der Waals surface area contributed by atoms with Crippen LogP contribution < -0.4 is 11.1 Å². The number of benzene rings is 1. The van der Waals surface area contributed by atoms with Crippen LogP contribution in [0.15, 0.2) is 24.4 Å². The molecule has 31 heavy (non-hydrogen) atoms. The molecule has 1 amide bonds. The molecular formula is C22H24ClFN6O. The summed E-state index contributed by atoms with van der Waals surface area (Å²) in [4.78, 5) is 25.5. The Morgan fingerprint density at radius 2 is 1.94 bits per heavy atom. The molecule has 0 saturated heterocycles. The number of nitrogens with two attached hydrogens (primary N) is 1. The van der Waals surface area contributed by atoms with Gasteiger partial charge in [0.25, 0.3) is 0 Å². The molecule has 7 nitrogen and oxygen atoms in total. The molecule has 0 radical (unpaired) electrons. The summed E-state index contributed by atoms with van der Waals surface area (Å²) >= 11 is 6.39. The number of aromatic nitrogens is 4. The lowest BCUT2D eigenvalue weighted by atomic mass is 9.85. The van der Waals surface area contributed by atoms with Gasteiger partial charge in [-0.25, -0.2) is 14.4 Å². The largest absolute Gasteiger partial charge is 0.369 e. The molecule has 0 unspecified atom stereocenters. The number of amides is 1. The van der Waals surface area contributed by atoms with Crippen molar-refractivity contribution >= 4 is 34.6 Å². The first kappa shape index (κ1) is 20.2. The first-order chi connectivity index (χ1) is 15.0. The molecule has 2 saturated carbocycles. The summed E-state index contributed by atoms with van der Waals surface area (Å²) in [7, 11) is 0. The minimum atomic E-state index is -0.435. The lowest BCUT2D eigenvalue weighted by molar-refractivity contribution is -0.122. The number of nitrogens with zero attached hydrogens (tertiary/aromatic N) is 4. The monoisotopic (exact) mass is 442 g/mol. The van der Waals surface area contributed by atoms with E-state index in [4.69, 9.17) is 22.3 Å². The topological polar surface area (TPSA) is 98.7 Å². The van der Waals surface area contributed by atoms with E-state index in [1.54, 1.807) is 18.3 Å². The van der Waals surface area contributed by atoms with Crippen molar-refractivity contribution in [2.45, 2.75) is 57.0 Å². The first-order valence-electron chi connectivity index (χ1n) is 10.8. The van der Waals surface area contributed by atoms with Crippen molar-refractivity contribution in [3.8, 4) is 11.4 Å². The van der Waals surface area contributed by atoms with Gasteiger partial charge in [0.05, 0.1) is 16.8 Å². The van der Waals surface area contributed by atoms with Crippen LogP contribution >= 0.6 is 11.6 Å². The molecule has 0 atom stereocenters. The van der Waals surface area contributed by atoms with Crippen LogP contribution in [0.5, 0.6) is 0 Å². The van der Waals surface area contributed by atoms with Crippen molar-refractivity contribution in [3.63, 3.8) is 0 Å². The zero-order chi connectivity index (χ0) is 21.5. The van der Waals surface area contributed by atoms with E-state index >= 15 is 0 Å². The highest BCUT2D eigenvalue weighted by Crippen LogP contribution is 2.39. The molecule has 162 valence electrons. The standard InChI is InChI=1S/C22H24ClFN6O/c23-15-5-2-6-16(24)18(15)21-28-17-11-26-22(27-13-3-1-4-13)29-20(17)30(21)14-9-7-12(8-10-14)19(25)31/h2,5-6,11-14H,1,3-4,7-10H2,(H2,25,31)(H,26,27,29). The molecule has 2 fully saturated rings. The minimum Gasteiger partial charge on any atom is -0.369 e. The van der Waals surface area contributed by atoms with Gasteiger partial charge in [-0.1, -0.05) is 17.7 Å². The van der Waals surface area contributed by atoms with Crippen LogP contribution in [-0.4, -0.2) is 31.5 Å². The predicted molar refractivity (Wildman–Crippen MR) is 117 cm³/mol. The van der Waals surface area contributed by atoms with Crippen LogP contribution in [0.2, 0.25) is 5.02 Å². The molecule has 2 aromatic heterocycles. The smallest absolute Gasteiger partial charge is 0.224 e. The van der Waals surface area contributed by atoms with Gasteiger partial charge in [0, 0.05) is 18.0 Å². The fraction of sp³-hybridized carbons (Fsp3) is 0.455. The molecule has 2 heterocycles. The fourth-order valence-corrected chi connectivity index (χ4v) is 4.80. The van der Waals surface area contributed by atoms with Gasteiger partial charge in [0.1, 0.15) is 17.2 Å². The summed E-state index contributed by atoms with van der Waals surface area (Å²) in [6.07, 6.45) is 7.91. The molecule has 0 aliphatic heterocycles. The van der Waals surface area contributed by atoms with Crippen molar-refractivity contribution in [1.29, 1.82) is 0 Å². The number of carbonyl (C=O) groups is 1. The third kappa shape index (κ3) is 3.73. The number of hydrogen-bond acceptors (Lipinski definition) is 5. The Hall–Kier alpha value is -2.74. The first-order valence-corrected chi connectivity index (χ1v) is 11.1. The normalized spacial score (nSPS) is 21.7. The Morgan fingerprint density at radius 1 is 1.16 bits per heavy atom. The van der Waals surface area contributed by atoms with Gasteiger partial charge in [0.2, 0.25) is 11.9 Å². The number of rotatable bonds is 5. The molecule has 5 rings (SSSR count). The molecule has 0 bridgehead atoms. The van der Waals surface area contributed by atoms with Crippen LogP contribution in [0.4, 0.5) is 10.3 Å². The van der Waals surface area contributed by atoms with Gasteiger partial charge in [-0.05, 0) is 57.1 Å². The number of carbonyl (C=O) groups excluding carboxylic acids is 1. The van der Waals surface area contributed by atoms with Crippen LogP contribution in [-0.2, 0) is 4.79 Å². The van der Waals surface area contributed by atoms with Gasteiger partial charge >= 0.3 is 0 Å². The SMILES string of the molecule is NC(=O)C1CCC(n2c(-c3c(F)cccc3Cl)nc3cnc(NC4CCC4)nc32)CC1. The summed E-state index contributed by atoms with van der Waals surface area (Å²) in [5.41, 5.74) is 7.01. The third-order valence-corrected chi connectivity index (χ3v) is 6.84. The minimum absolute atomic E-state index is 0.0118. The number of primary amides is 1. The highest BCUT2D eigenvalue weighted by molar-refractivity contribution is 6.33. The van der Waals surface area contributed by atoms with Gasteiger partial charge < -0.3 is 15.6 Å². The number of halogens is 2. The van der Waals surface area contributed by atoms with E-state index in [0.29, 0.717) is 46.8 Å². The van der Waals surface area contributed by atoms with E-state index in [2.05, 4.69) is 15.3 Å². The molecule has 1 aromatic carbocycles. The number of nitrogens with one attached hydrogen (secondary N) is 1. The van der Waals surface area contributed by atoms with Crippen molar-refractivity contribution < 1.29 is 9.18 Å². The quantitative estimate of drug-likeness (QED) is 0.607. The van der Waals surface area contributed by atoms with Gasteiger partial charge in [-0.15, -0.1) is 0 Å². The Kier molecular flexibility index (Phi) is 5.25. The van der Waals surface area contributed by atoms with E-state index in [-0.39, 0.29) is 23.4 Å². The number of hydrogen-bond donors (Lipinski definition) is 2. The van der Waals surface area contributed by atoms with Crippen molar-refractivity contribution in [2.24, 2.45) is 11.7 Å². The number of anilines is 1. The van der Waals surface area contributed by atoms with Crippen molar-refractivity contribution in [1.82, 2.24) is 19.5 Å². The average Bonchev–Trinajstić information content (AvgIpc) is 3.09. The van der Waals surface area contributed by atoms with Gasteiger partial charge in [0.15, 0.2) is 5.65 Å². The van der Waals surface area contributed by atoms with Crippen molar-refractivity contribution in [2.75, 3.05) is 5.32 Å². The Morgan fingerprint density at radius 3 is 2.58 bits per heavy atom. The lowest BCUT2D eigenvalue weighted by Crippen LogP contribution is -2.29. The summed E-state index contributed by atoms with van der Waals surface area (Å²) < 4.78 is 16.8. The van der Waals surface area contributed by atoms with E-state index in [9.17, 15) is 9.18 Å². The predicted octanol–water partition coefficient (Wildman–Crippen LogP) is 4.47. The second-order valence-corrected chi connectivity index (χ2v) is 8.89. The third-order valence-electron chi connectivity index (χ3n) is 6.52. The van der Waals surface area contributed by atoms with Crippen LogP contribution in [0, 0.1) is 11.7 Å².